The average molecular weight is 242 g/mol. The van der Waals surface area contributed by atoms with Gasteiger partial charge in [-0.05, 0) is 25.0 Å². The van der Waals surface area contributed by atoms with Gasteiger partial charge in [-0.1, -0.05) is 30.7 Å². The van der Waals surface area contributed by atoms with Crippen molar-refractivity contribution in [2.24, 2.45) is 0 Å². The summed E-state index contributed by atoms with van der Waals surface area (Å²) in [6, 6.07) is 11.1. The second kappa shape index (κ2) is 5.03. The Morgan fingerprint density at radius 1 is 1.35 bits per heavy atom. The molecule has 0 aliphatic heterocycles. The van der Waals surface area contributed by atoms with Crippen molar-refractivity contribution in [2.75, 3.05) is 0 Å². The molecule has 0 saturated carbocycles. The maximum atomic E-state index is 5.23. The zero-order chi connectivity index (χ0) is 12.3. The number of hydrogen-bond acceptors (Lipinski definition) is 3. The zero-order valence-corrected chi connectivity index (χ0v) is 10.7. The third-order valence-electron chi connectivity index (χ3n) is 2.72. The van der Waals surface area contributed by atoms with Gasteiger partial charge in [-0.2, -0.15) is 0 Å². The standard InChI is InChI=1S/C14H14N2S/c1-4-15-10(2)12-5-7-13(8-6-12)14-11(3)16-9-17-14/h1,5-10,15H,2-3H3/t10-/m0/s1. The lowest BCUT2D eigenvalue weighted by Crippen LogP contribution is -2.11. The minimum Gasteiger partial charge on any atom is -0.339 e. The number of thiazole rings is 1. The van der Waals surface area contributed by atoms with Crippen molar-refractivity contribution in [2.45, 2.75) is 19.9 Å². The van der Waals surface area contributed by atoms with Gasteiger partial charge in [0.25, 0.3) is 0 Å². The van der Waals surface area contributed by atoms with Crippen LogP contribution in [0.15, 0.2) is 29.8 Å². The fourth-order valence-electron chi connectivity index (χ4n) is 1.71. The van der Waals surface area contributed by atoms with E-state index in [0.717, 1.165) is 5.69 Å². The lowest BCUT2D eigenvalue weighted by atomic mass is 10.1. The van der Waals surface area contributed by atoms with Crippen LogP contribution >= 0.6 is 11.3 Å². The van der Waals surface area contributed by atoms with Crippen LogP contribution in [-0.4, -0.2) is 4.98 Å². The first-order chi connectivity index (χ1) is 8.22. The van der Waals surface area contributed by atoms with E-state index in [-0.39, 0.29) is 6.04 Å². The number of terminal acetylenes is 1. The highest BCUT2D eigenvalue weighted by atomic mass is 32.1. The minimum atomic E-state index is 0.177. The quantitative estimate of drug-likeness (QED) is 0.659. The molecule has 17 heavy (non-hydrogen) atoms. The van der Waals surface area contributed by atoms with Gasteiger partial charge in [0.2, 0.25) is 0 Å². The van der Waals surface area contributed by atoms with Gasteiger partial charge in [0.15, 0.2) is 0 Å². The van der Waals surface area contributed by atoms with Gasteiger partial charge < -0.3 is 5.32 Å². The van der Waals surface area contributed by atoms with E-state index in [4.69, 9.17) is 6.42 Å². The van der Waals surface area contributed by atoms with Crippen molar-refractivity contribution in [1.29, 1.82) is 0 Å². The first-order valence-electron chi connectivity index (χ1n) is 5.44. The number of aryl methyl sites for hydroxylation is 1. The van der Waals surface area contributed by atoms with Crippen LogP contribution in [0.5, 0.6) is 0 Å². The predicted octanol–water partition coefficient (Wildman–Crippen LogP) is 3.36. The number of nitrogens with zero attached hydrogens (tertiary/aromatic N) is 1. The second-order valence-corrected chi connectivity index (χ2v) is 4.75. The van der Waals surface area contributed by atoms with Crippen LogP contribution in [0.1, 0.15) is 24.2 Å². The molecule has 0 radical (unpaired) electrons. The van der Waals surface area contributed by atoms with E-state index < -0.39 is 0 Å². The molecule has 0 saturated heterocycles. The van der Waals surface area contributed by atoms with Gasteiger partial charge in [0.05, 0.1) is 22.1 Å². The van der Waals surface area contributed by atoms with Gasteiger partial charge in [0.1, 0.15) is 0 Å². The van der Waals surface area contributed by atoms with Gasteiger partial charge in [0, 0.05) is 6.04 Å². The molecule has 1 heterocycles. The van der Waals surface area contributed by atoms with E-state index in [2.05, 4.69) is 40.6 Å². The molecule has 1 aromatic heterocycles. The van der Waals surface area contributed by atoms with Crippen LogP contribution in [0, 0.1) is 19.4 Å². The molecule has 0 fully saturated rings. The van der Waals surface area contributed by atoms with Crippen molar-refractivity contribution in [3.63, 3.8) is 0 Å². The van der Waals surface area contributed by atoms with Crippen molar-refractivity contribution >= 4 is 11.3 Å². The summed E-state index contributed by atoms with van der Waals surface area (Å²) in [5.41, 5.74) is 5.36. The number of hydrogen-bond donors (Lipinski definition) is 1. The number of aromatic nitrogens is 1. The Morgan fingerprint density at radius 2 is 2.06 bits per heavy atom. The molecule has 1 N–H and O–H groups in total. The predicted molar refractivity (Wildman–Crippen MR) is 72.7 cm³/mol. The molecule has 2 nitrogen and oxygen atoms in total. The van der Waals surface area contributed by atoms with E-state index in [9.17, 15) is 0 Å². The van der Waals surface area contributed by atoms with E-state index in [1.807, 2.05) is 19.4 Å². The summed E-state index contributed by atoms with van der Waals surface area (Å²) >= 11 is 1.67. The fraction of sp³-hybridized carbons (Fsp3) is 0.214. The summed E-state index contributed by atoms with van der Waals surface area (Å²) in [5, 5.41) is 2.95. The maximum Gasteiger partial charge on any atom is 0.0801 e. The molecule has 2 rings (SSSR count). The molecule has 0 amide bonds. The van der Waals surface area contributed by atoms with Gasteiger partial charge in [-0.25, -0.2) is 4.98 Å². The van der Waals surface area contributed by atoms with Crippen molar-refractivity contribution < 1.29 is 0 Å². The Labute approximate surface area is 106 Å². The first-order valence-corrected chi connectivity index (χ1v) is 6.32. The molecule has 0 spiro atoms. The summed E-state index contributed by atoms with van der Waals surface area (Å²) in [7, 11) is 0. The molecule has 0 bridgehead atoms. The Kier molecular flexibility index (Phi) is 3.46. The zero-order valence-electron chi connectivity index (χ0n) is 9.90. The average Bonchev–Trinajstić information content (AvgIpc) is 2.76. The largest absolute Gasteiger partial charge is 0.339 e. The SMILES string of the molecule is C#CN[C@@H](C)c1ccc(-c2scnc2C)cc1. The Hall–Kier alpha value is -1.79. The number of rotatable bonds is 3. The molecule has 86 valence electrons. The maximum absolute atomic E-state index is 5.23. The van der Waals surface area contributed by atoms with Crippen LogP contribution in [0.4, 0.5) is 0 Å². The van der Waals surface area contributed by atoms with Crippen molar-refractivity contribution in [3.8, 4) is 22.9 Å². The van der Waals surface area contributed by atoms with E-state index in [1.54, 1.807) is 11.3 Å². The normalized spacial score (nSPS) is 11.8. The fourth-order valence-corrected chi connectivity index (χ4v) is 2.52. The minimum absolute atomic E-state index is 0.177. The van der Waals surface area contributed by atoms with Crippen molar-refractivity contribution in [1.82, 2.24) is 10.3 Å². The molecule has 1 atom stereocenters. The van der Waals surface area contributed by atoms with Gasteiger partial charge in [-0.15, -0.1) is 11.3 Å². The van der Waals surface area contributed by atoms with Crippen LogP contribution in [0.25, 0.3) is 10.4 Å². The molecular formula is C14H14N2S. The third kappa shape index (κ3) is 2.48. The molecule has 1 aromatic carbocycles. The van der Waals surface area contributed by atoms with E-state index >= 15 is 0 Å². The summed E-state index contributed by atoms with van der Waals surface area (Å²) in [4.78, 5) is 5.49. The summed E-state index contributed by atoms with van der Waals surface area (Å²) in [6.07, 6.45) is 5.23. The Morgan fingerprint density at radius 3 is 2.59 bits per heavy atom. The van der Waals surface area contributed by atoms with Crippen LogP contribution in [-0.2, 0) is 0 Å². The highest BCUT2D eigenvalue weighted by Gasteiger charge is 2.06. The highest BCUT2D eigenvalue weighted by molar-refractivity contribution is 7.13. The third-order valence-corrected chi connectivity index (χ3v) is 3.70. The van der Waals surface area contributed by atoms with Crippen LogP contribution in [0.2, 0.25) is 0 Å². The summed E-state index contributed by atoms with van der Waals surface area (Å²) in [5.74, 6) is 0. The molecule has 3 heteroatoms. The molecular weight excluding hydrogens is 228 g/mol. The van der Waals surface area contributed by atoms with Gasteiger partial charge in [-0.3, -0.25) is 0 Å². The van der Waals surface area contributed by atoms with E-state index in [1.165, 1.54) is 16.0 Å². The molecule has 0 unspecified atom stereocenters. The molecule has 2 aromatic rings. The first kappa shape index (κ1) is 11.7. The smallest absolute Gasteiger partial charge is 0.0801 e. The molecule has 0 aliphatic carbocycles. The number of nitrogens with one attached hydrogen (secondary N) is 1. The Bertz CT molecular complexity index is 534. The number of benzene rings is 1. The van der Waals surface area contributed by atoms with Crippen LogP contribution in [0.3, 0.4) is 0 Å². The van der Waals surface area contributed by atoms with E-state index in [0.29, 0.717) is 0 Å². The lowest BCUT2D eigenvalue weighted by molar-refractivity contribution is 0.705. The molecule has 0 aliphatic rings. The van der Waals surface area contributed by atoms with Crippen molar-refractivity contribution in [3.05, 3.63) is 41.0 Å². The summed E-state index contributed by atoms with van der Waals surface area (Å²) in [6.45, 7) is 4.08. The van der Waals surface area contributed by atoms with Gasteiger partial charge >= 0.3 is 0 Å². The highest BCUT2D eigenvalue weighted by Crippen LogP contribution is 2.28. The monoisotopic (exact) mass is 242 g/mol. The Balaban J connectivity index is 2.25. The topological polar surface area (TPSA) is 24.9 Å². The lowest BCUT2D eigenvalue weighted by Gasteiger charge is -2.10. The summed E-state index contributed by atoms with van der Waals surface area (Å²) < 4.78 is 0. The van der Waals surface area contributed by atoms with Crippen LogP contribution < -0.4 is 5.32 Å². The second-order valence-electron chi connectivity index (χ2n) is 3.90.